The summed E-state index contributed by atoms with van der Waals surface area (Å²) in [6.07, 6.45) is 1.57. The van der Waals surface area contributed by atoms with Gasteiger partial charge in [-0.15, -0.1) is 0 Å². The third-order valence-corrected chi connectivity index (χ3v) is 3.55. The number of isocyanates is 1. The Kier molecular flexibility index (Phi) is 3.83. The summed E-state index contributed by atoms with van der Waals surface area (Å²) in [6.45, 7) is 0. The van der Waals surface area contributed by atoms with E-state index < -0.39 is 2.14 Å². The molecule has 0 spiro atoms. The van der Waals surface area contributed by atoms with E-state index in [4.69, 9.17) is 0 Å². The minimum absolute atomic E-state index is 0.573. The van der Waals surface area contributed by atoms with Crippen LogP contribution in [0.25, 0.3) is 10.8 Å². The molecule has 0 saturated heterocycles. The van der Waals surface area contributed by atoms with Crippen LogP contribution in [-0.2, 0) is 6.94 Å². The van der Waals surface area contributed by atoms with Crippen LogP contribution in [0.3, 0.4) is 0 Å². The van der Waals surface area contributed by atoms with Crippen molar-refractivity contribution < 1.29 is 4.79 Å². The molecule has 2 rings (SSSR count). The molecule has 0 saturated carbocycles. The monoisotopic (exact) mass is 417 g/mol. The lowest BCUT2D eigenvalue weighted by molar-refractivity contribution is 0.565. The smallest absolute Gasteiger partial charge is 0.211 e. The van der Waals surface area contributed by atoms with Crippen LogP contribution in [0.5, 0.6) is 0 Å². The third kappa shape index (κ3) is 2.68. The minimum atomic E-state index is -0.621. The van der Waals surface area contributed by atoms with Crippen LogP contribution < -0.4 is 0 Å². The number of halogens is 3. The first kappa shape index (κ1) is 13.0. The fourth-order valence-corrected chi connectivity index (χ4v) is 2.95. The van der Waals surface area contributed by atoms with Gasteiger partial charge in [-0.1, -0.05) is 78.1 Å². The molecule has 0 radical (unpaired) electrons. The summed E-state index contributed by atoms with van der Waals surface area (Å²) in [6, 6.07) is 11.6. The number of rotatable bonds is 1. The molecule has 0 aliphatic carbocycles. The predicted molar refractivity (Wildman–Crippen MR) is 80.2 cm³/mol. The molecule has 0 N–H and O–H groups in total. The van der Waals surface area contributed by atoms with Crippen molar-refractivity contribution in [1.82, 2.24) is 0 Å². The highest BCUT2D eigenvalue weighted by atomic mass is 80.0. The number of nitrogens with zero attached hydrogens (tertiary/aromatic N) is 1. The zero-order valence-electron chi connectivity index (χ0n) is 8.45. The van der Waals surface area contributed by atoms with Crippen LogP contribution in [0.4, 0.5) is 5.69 Å². The molecular formula is C12H6Br3NO. The molecule has 0 bridgehead atoms. The Bertz CT molecular complexity index is 613. The Morgan fingerprint density at radius 3 is 2.41 bits per heavy atom. The average Bonchev–Trinajstić information content (AvgIpc) is 2.27. The molecule has 0 fully saturated rings. The predicted octanol–water partition coefficient (Wildman–Crippen LogP) is 5.10. The molecule has 5 heteroatoms. The Balaban J connectivity index is 2.89. The van der Waals surface area contributed by atoms with Gasteiger partial charge in [-0.05, 0) is 16.8 Å². The summed E-state index contributed by atoms with van der Waals surface area (Å²) in [7, 11) is 0. The van der Waals surface area contributed by atoms with Crippen LogP contribution in [-0.4, -0.2) is 6.08 Å². The van der Waals surface area contributed by atoms with Gasteiger partial charge in [0.1, 0.15) is 0 Å². The lowest BCUT2D eigenvalue weighted by Gasteiger charge is -2.17. The van der Waals surface area contributed by atoms with Gasteiger partial charge in [-0.25, -0.2) is 4.79 Å². The molecule has 2 aromatic carbocycles. The Hall–Kier alpha value is -0.480. The summed E-state index contributed by atoms with van der Waals surface area (Å²) in [4.78, 5) is 14.2. The van der Waals surface area contributed by atoms with E-state index in [-0.39, 0.29) is 0 Å². The number of benzene rings is 2. The van der Waals surface area contributed by atoms with Crippen molar-refractivity contribution in [3.63, 3.8) is 0 Å². The summed E-state index contributed by atoms with van der Waals surface area (Å²) in [5.41, 5.74) is 1.42. The van der Waals surface area contributed by atoms with E-state index in [1.54, 1.807) is 12.1 Å². The number of alkyl halides is 3. The average molecular weight is 420 g/mol. The number of hydrogen-bond donors (Lipinski definition) is 0. The second kappa shape index (κ2) is 5.02. The number of fused-ring (bicyclic) bond motifs is 1. The second-order valence-corrected chi connectivity index (χ2v) is 10.1. The molecule has 0 aliphatic rings. The minimum Gasteiger partial charge on any atom is -0.211 e. The fraction of sp³-hybridized carbons (Fsp3) is 0.0833. The molecule has 0 amide bonds. The van der Waals surface area contributed by atoms with Crippen molar-refractivity contribution in [3.8, 4) is 0 Å². The van der Waals surface area contributed by atoms with Gasteiger partial charge in [-0.3, -0.25) is 0 Å². The fourth-order valence-electron chi connectivity index (χ4n) is 1.70. The maximum atomic E-state index is 10.5. The van der Waals surface area contributed by atoms with Crippen molar-refractivity contribution >= 4 is 70.3 Å². The van der Waals surface area contributed by atoms with Crippen LogP contribution in [0.15, 0.2) is 41.4 Å². The van der Waals surface area contributed by atoms with Gasteiger partial charge in [0, 0.05) is 5.56 Å². The van der Waals surface area contributed by atoms with Crippen LogP contribution in [0.2, 0.25) is 0 Å². The molecule has 2 aromatic rings. The standard InChI is InChI=1S/C12H6Br3NO/c13-12(14,15)11-9-4-2-1-3-8(9)5-6-10(11)16-7-17/h1-6H. The molecule has 86 valence electrons. The highest BCUT2D eigenvalue weighted by Crippen LogP contribution is 2.50. The Labute approximate surface area is 124 Å². The van der Waals surface area contributed by atoms with Gasteiger partial charge in [-0.2, -0.15) is 4.99 Å². The van der Waals surface area contributed by atoms with Gasteiger partial charge < -0.3 is 0 Å². The molecule has 17 heavy (non-hydrogen) atoms. The van der Waals surface area contributed by atoms with Crippen molar-refractivity contribution in [2.75, 3.05) is 0 Å². The number of aliphatic imine (C=N–C) groups is 1. The topological polar surface area (TPSA) is 29.4 Å². The van der Waals surface area contributed by atoms with E-state index in [2.05, 4.69) is 52.8 Å². The first-order valence-electron chi connectivity index (χ1n) is 4.71. The summed E-state index contributed by atoms with van der Waals surface area (Å²) < 4.78 is -0.621. The first-order valence-corrected chi connectivity index (χ1v) is 7.09. The lowest BCUT2D eigenvalue weighted by Crippen LogP contribution is -1.99. The number of hydrogen-bond acceptors (Lipinski definition) is 2. The van der Waals surface area contributed by atoms with Crippen molar-refractivity contribution in [2.24, 2.45) is 4.99 Å². The zero-order valence-corrected chi connectivity index (χ0v) is 13.2. The zero-order chi connectivity index (χ0) is 12.5. The van der Waals surface area contributed by atoms with Crippen molar-refractivity contribution in [3.05, 3.63) is 42.0 Å². The van der Waals surface area contributed by atoms with Crippen molar-refractivity contribution in [1.29, 1.82) is 0 Å². The molecule has 2 nitrogen and oxygen atoms in total. The molecular weight excluding hydrogens is 414 g/mol. The lowest BCUT2D eigenvalue weighted by atomic mass is 10.0. The SMILES string of the molecule is O=C=Nc1ccc2ccccc2c1C(Br)(Br)Br. The summed E-state index contributed by atoms with van der Waals surface area (Å²) >= 11 is 10.4. The summed E-state index contributed by atoms with van der Waals surface area (Å²) in [5.74, 6) is 0. The van der Waals surface area contributed by atoms with Gasteiger partial charge >= 0.3 is 0 Å². The van der Waals surface area contributed by atoms with E-state index in [0.717, 1.165) is 16.3 Å². The summed E-state index contributed by atoms with van der Waals surface area (Å²) in [5, 5.41) is 2.09. The normalized spacial score (nSPS) is 11.2. The third-order valence-electron chi connectivity index (χ3n) is 2.36. The van der Waals surface area contributed by atoms with Crippen LogP contribution >= 0.6 is 47.8 Å². The molecule has 0 atom stereocenters. The van der Waals surface area contributed by atoms with Gasteiger partial charge in [0.2, 0.25) is 6.08 Å². The van der Waals surface area contributed by atoms with E-state index in [1.807, 2.05) is 30.3 Å². The van der Waals surface area contributed by atoms with Crippen molar-refractivity contribution in [2.45, 2.75) is 2.14 Å². The van der Waals surface area contributed by atoms with Gasteiger partial charge in [0.25, 0.3) is 0 Å². The Morgan fingerprint density at radius 1 is 1.06 bits per heavy atom. The van der Waals surface area contributed by atoms with E-state index in [9.17, 15) is 4.79 Å². The maximum absolute atomic E-state index is 10.5. The van der Waals surface area contributed by atoms with Crippen LogP contribution in [0.1, 0.15) is 5.56 Å². The maximum Gasteiger partial charge on any atom is 0.240 e. The Morgan fingerprint density at radius 2 is 1.76 bits per heavy atom. The van der Waals surface area contributed by atoms with E-state index in [1.165, 1.54) is 0 Å². The molecule has 0 unspecified atom stereocenters. The number of carbonyl (C=O) groups excluding carboxylic acids is 1. The largest absolute Gasteiger partial charge is 0.240 e. The van der Waals surface area contributed by atoms with Gasteiger partial charge in [0.05, 0.1) is 5.69 Å². The van der Waals surface area contributed by atoms with E-state index >= 15 is 0 Å². The highest BCUT2D eigenvalue weighted by Gasteiger charge is 2.26. The van der Waals surface area contributed by atoms with Crippen LogP contribution in [0, 0.1) is 0 Å². The molecule has 0 aliphatic heterocycles. The molecule has 0 aromatic heterocycles. The van der Waals surface area contributed by atoms with E-state index in [0.29, 0.717) is 5.69 Å². The quantitative estimate of drug-likeness (QED) is 0.359. The second-order valence-electron chi connectivity index (χ2n) is 3.38. The highest BCUT2D eigenvalue weighted by molar-refractivity contribution is 9.38. The molecule has 0 heterocycles. The van der Waals surface area contributed by atoms with Gasteiger partial charge in [0.15, 0.2) is 2.14 Å². The first-order chi connectivity index (χ1) is 8.04.